The van der Waals surface area contributed by atoms with E-state index in [1.807, 2.05) is 0 Å². The summed E-state index contributed by atoms with van der Waals surface area (Å²) >= 11 is 7.17. The van der Waals surface area contributed by atoms with E-state index in [1.165, 1.54) is 39.5 Å². The number of rotatable bonds is 8. The summed E-state index contributed by atoms with van der Waals surface area (Å²) in [6, 6.07) is 6.90. The zero-order chi connectivity index (χ0) is 23.8. The topological polar surface area (TPSA) is 114 Å². The van der Waals surface area contributed by atoms with Crippen LogP contribution in [-0.4, -0.2) is 60.8 Å². The third-order valence-corrected chi connectivity index (χ3v) is 5.81. The third-order valence-electron chi connectivity index (χ3n) is 4.40. The highest BCUT2D eigenvalue weighted by Gasteiger charge is 2.51. The summed E-state index contributed by atoms with van der Waals surface area (Å²) in [6.45, 7) is 4.54. The van der Waals surface area contributed by atoms with E-state index in [2.05, 4.69) is 0 Å². The van der Waals surface area contributed by atoms with Gasteiger partial charge in [0.25, 0.3) is 0 Å². The van der Waals surface area contributed by atoms with Crippen LogP contribution >= 0.6 is 23.4 Å². The van der Waals surface area contributed by atoms with Crippen molar-refractivity contribution >= 4 is 47.2 Å². The number of ether oxygens (including phenoxy) is 5. The van der Waals surface area contributed by atoms with E-state index in [-0.39, 0.29) is 13.2 Å². The fourth-order valence-electron chi connectivity index (χ4n) is 3.14. The van der Waals surface area contributed by atoms with Gasteiger partial charge in [-0.2, -0.15) is 0 Å². The van der Waals surface area contributed by atoms with E-state index < -0.39 is 53.5 Å². The Kier molecular flexibility index (Phi) is 9.80. The van der Waals surface area contributed by atoms with E-state index in [4.69, 9.17) is 35.3 Å². The van der Waals surface area contributed by atoms with Crippen molar-refractivity contribution in [2.24, 2.45) is 5.92 Å². The standard InChI is InChI=1S/C21H25ClO9S/c1-11(23)27-9-17-18(10-28-12(2)24)31-21(32-16-7-5-15(22)6-8-16)20(30-14(4)26)19(17)29-13(3)25/h5-8,17-21H,9-10H2,1-4H3. The van der Waals surface area contributed by atoms with Crippen LogP contribution in [0.1, 0.15) is 27.7 Å². The van der Waals surface area contributed by atoms with Gasteiger partial charge >= 0.3 is 23.9 Å². The first-order valence-electron chi connectivity index (χ1n) is 9.75. The maximum absolute atomic E-state index is 11.9. The highest BCUT2D eigenvalue weighted by atomic mass is 35.5. The number of benzene rings is 1. The van der Waals surface area contributed by atoms with Crippen LogP contribution in [0.5, 0.6) is 0 Å². The van der Waals surface area contributed by atoms with Crippen LogP contribution < -0.4 is 0 Å². The summed E-state index contributed by atoms with van der Waals surface area (Å²) in [6.07, 6.45) is -2.85. The average Bonchev–Trinajstić information content (AvgIpc) is 2.69. The molecular formula is C21H25ClO9S. The molecular weight excluding hydrogens is 464 g/mol. The van der Waals surface area contributed by atoms with Gasteiger partial charge in [0.1, 0.15) is 24.8 Å². The molecule has 5 atom stereocenters. The molecule has 1 aromatic carbocycles. The van der Waals surface area contributed by atoms with Crippen molar-refractivity contribution in [3.05, 3.63) is 29.3 Å². The molecule has 9 nitrogen and oxygen atoms in total. The van der Waals surface area contributed by atoms with Crippen LogP contribution in [0.4, 0.5) is 0 Å². The van der Waals surface area contributed by atoms with Crippen LogP contribution in [-0.2, 0) is 42.9 Å². The molecule has 1 saturated heterocycles. The number of thioether (sulfide) groups is 1. The summed E-state index contributed by atoms with van der Waals surface area (Å²) < 4.78 is 27.4. The molecule has 0 saturated carbocycles. The minimum atomic E-state index is -1.02. The van der Waals surface area contributed by atoms with E-state index in [1.54, 1.807) is 24.3 Å². The Morgan fingerprint density at radius 1 is 0.844 bits per heavy atom. The van der Waals surface area contributed by atoms with Gasteiger partial charge in [-0.05, 0) is 24.3 Å². The first-order chi connectivity index (χ1) is 15.1. The van der Waals surface area contributed by atoms with Crippen LogP contribution in [0.15, 0.2) is 29.2 Å². The zero-order valence-electron chi connectivity index (χ0n) is 18.1. The summed E-state index contributed by atoms with van der Waals surface area (Å²) in [5.41, 5.74) is -0.821. The second-order valence-electron chi connectivity index (χ2n) is 7.03. The van der Waals surface area contributed by atoms with Gasteiger partial charge in [0.05, 0.1) is 5.92 Å². The molecule has 1 aliphatic rings. The fraction of sp³-hybridized carbons (Fsp3) is 0.524. The molecule has 0 aliphatic carbocycles. The van der Waals surface area contributed by atoms with Gasteiger partial charge in [0, 0.05) is 37.6 Å². The van der Waals surface area contributed by atoms with Gasteiger partial charge in [0.15, 0.2) is 12.2 Å². The van der Waals surface area contributed by atoms with Gasteiger partial charge in [-0.15, -0.1) is 0 Å². The molecule has 1 aliphatic heterocycles. The number of hydrogen-bond donors (Lipinski definition) is 0. The van der Waals surface area contributed by atoms with Crippen molar-refractivity contribution in [2.75, 3.05) is 13.2 Å². The molecule has 0 radical (unpaired) electrons. The lowest BCUT2D eigenvalue weighted by Gasteiger charge is -2.44. The Morgan fingerprint density at radius 3 is 1.91 bits per heavy atom. The highest BCUT2D eigenvalue weighted by molar-refractivity contribution is 7.99. The molecule has 1 fully saturated rings. The van der Waals surface area contributed by atoms with Crippen LogP contribution in [0, 0.1) is 5.92 Å². The minimum Gasteiger partial charge on any atom is -0.465 e. The van der Waals surface area contributed by atoms with Crippen molar-refractivity contribution < 1.29 is 42.9 Å². The fourth-order valence-corrected chi connectivity index (χ4v) is 4.37. The van der Waals surface area contributed by atoms with Crippen molar-refractivity contribution in [1.29, 1.82) is 0 Å². The molecule has 1 heterocycles. The lowest BCUT2D eigenvalue weighted by atomic mass is 9.90. The maximum Gasteiger partial charge on any atom is 0.303 e. The molecule has 1 aromatic rings. The lowest BCUT2D eigenvalue weighted by molar-refractivity contribution is -0.221. The smallest absolute Gasteiger partial charge is 0.303 e. The predicted octanol–water partition coefficient (Wildman–Crippen LogP) is 2.76. The Morgan fingerprint density at radius 2 is 1.38 bits per heavy atom. The Bertz CT molecular complexity index is 829. The SMILES string of the molecule is CC(=O)OCC1OC(Sc2ccc(Cl)cc2)C(OC(C)=O)C(OC(C)=O)C1COC(C)=O. The third kappa shape index (κ3) is 7.99. The van der Waals surface area contributed by atoms with Crippen molar-refractivity contribution in [3.63, 3.8) is 0 Å². The van der Waals surface area contributed by atoms with Crippen LogP contribution in [0.3, 0.4) is 0 Å². The second-order valence-corrected chi connectivity index (χ2v) is 8.64. The van der Waals surface area contributed by atoms with Crippen molar-refractivity contribution in [3.8, 4) is 0 Å². The number of carbonyl (C=O) groups excluding carboxylic acids is 4. The minimum absolute atomic E-state index is 0.177. The molecule has 11 heteroatoms. The van der Waals surface area contributed by atoms with Gasteiger partial charge in [-0.25, -0.2) is 0 Å². The van der Waals surface area contributed by atoms with Gasteiger partial charge < -0.3 is 23.7 Å². The molecule has 0 amide bonds. The summed E-state index contributed by atoms with van der Waals surface area (Å²) in [4.78, 5) is 47.3. The molecule has 176 valence electrons. The molecule has 0 aromatic heterocycles. The predicted molar refractivity (Wildman–Crippen MR) is 114 cm³/mol. The zero-order valence-corrected chi connectivity index (χ0v) is 19.6. The van der Waals surface area contributed by atoms with Crippen LogP contribution in [0.25, 0.3) is 0 Å². The lowest BCUT2D eigenvalue weighted by Crippen LogP contribution is -2.58. The average molecular weight is 489 g/mol. The Labute approximate surface area is 195 Å². The summed E-state index contributed by atoms with van der Waals surface area (Å²) in [5.74, 6) is -3.08. The van der Waals surface area contributed by atoms with Crippen molar-refractivity contribution in [2.45, 2.75) is 56.3 Å². The summed E-state index contributed by atoms with van der Waals surface area (Å²) in [7, 11) is 0. The number of hydrogen-bond acceptors (Lipinski definition) is 10. The molecule has 0 N–H and O–H groups in total. The van der Waals surface area contributed by atoms with E-state index in [0.29, 0.717) is 5.02 Å². The molecule has 2 rings (SSSR count). The Balaban J connectivity index is 2.41. The highest BCUT2D eigenvalue weighted by Crippen LogP contribution is 2.39. The second kappa shape index (κ2) is 12.1. The number of carbonyl (C=O) groups is 4. The van der Waals surface area contributed by atoms with E-state index in [0.717, 1.165) is 4.90 Å². The molecule has 0 spiro atoms. The first kappa shape index (κ1) is 26.0. The maximum atomic E-state index is 11.9. The largest absolute Gasteiger partial charge is 0.465 e. The van der Waals surface area contributed by atoms with Crippen LogP contribution in [0.2, 0.25) is 5.02 Å². The van der Waals surface area contributed by atoms with Gasteiger partial charge in [0.2, 0.25) is 0 Å². The van der Waals surface area contributed by atoms with Gasteiger partial charge in [-0.3, -0.25) is 19.2 Å². The number of halogens is 1. The normalized spacial score (nSPS) is 24.8. The first-order valence-corrected chi connectivity index (χ1v) is 11.0. The Hall–Kier alpha value is -2.30. The number of esters is 4. The molecule has 5 unspecified atom stereocenters. The quantitative estimate of drug-likeness (QED) is 0.399. The van der Waals surface area contributed by atoms with E-state index in [9.17, 15) is 19.2 Å². The van der Waals surface area contributed by atoms with Crippen molar-refractivity contribution in [1.82, 2.24) is 0 Å². The molecule has 32 heavy (non-hydrogen) atoms. The monoisotopic (exact) mass is 488 g/mol. The molecule has 0 bridgehead atoms. The van der Waals surface area contributed by atoms with E-state index >= 15 is 0 Å². The summed E-state index contributed by atoms with van der Waals surface area (Å²) in [5, 5.41) is 0.544. The van der Waals surface area contributed by atoms with Gasteiger partial charge in [-0.1, -0.05) is 23.4 Å².